The lowest BCUT2D eigenvalue weighted by Gasteiger charge is -2.43. The smallest absolute Gasteiger partial charge is 0.313 e. The molecule has 0 amide bonds. The molecule has 0 bridgehead atoms. The van der Waals surface area contributed by atoms with E-state index in [0.717, 1.165) is 32.5 Å². The number of aromatic nitrogens is 2. The molecule has 1 saturated heterocycles. The third-order valence-electron chi connectivity index (χ3n) is 4.91. The van der Waals surface area contributed by atoms with Gasteiger partial charge in [-0.05, 0) is 38.1 Å². The fourth-order valence-corrected chi connectivity index (χ4v) is 3.36. The van der Waals surface area contributed by atoms with Gasteiger partial charge in [0.25, 0.3) is 0 Å². The first-order chi connectivity index (χ1) is 10.9. The van der Waals surface area contributed by atoms with Crippen LogP contribution in [0.5, 0.6) is 0 Å². The van der Waals surface area contributed by atoms with Crippen molar-refractivity contribution in [1.29, 1.82) is 0 Å². The molecule has 0 spiro atoms. The summed E-state index contributed by atoms with van der Waals surface area (Å²) in [5, 5.41) is 20.1. The first kappa shape index (κ1) is 17.9. The van der Waals surface area contributed by atoms with Crippen LogP contribution in [-0.4, -0.2) is 56.4 Å². The molecule has 0 saturated carbocycles. The first-order valence-corrected chi connectivity index (χ1v) is 8.53. The summed E-state index contributed by atoms with van der Waals surface area (Å²) in [7, 11) is 0. The lowest BCUT2D eigenvalue weighted by atomic mass is 9.73. The molecule has 1 aromatic rings. The maximum atomic E-state index is 11.9. The van der Waals surface area contributed by atoms with E-state index in [1.165, 1.54) is 0 Å². The average Bonchev–Trinajstić information content (AvgIpc) is 3.00. The topological polar surface area (TPSA) is 78.6 Å². The zero-order chi connectivity index (χ0) is 16.9. The number of carboxylic acid groups (broad SMARTS) is 1. The molecule has 2 heterocycles. The number of carboxylic acids is 1. The second-order valence-electron chi connectivity index (χ2n) is 7.13. The molecular weight excluding hydrogens is 294 g/mol. The van der Waals surface area contributed by atoms with Gasteiger partial charge in [0.15, 0.2) is 0 Å². The molecule has 2 atom stereocenters. The Hall–Kier alpha value is -1.40. The van der Waals surface area contributed by atoms with Crippen molar-refractivity contribution in [3.63, 3.8) is 0 Å². The number of nitrogens with zero attached hydrogens (tertiary/aromatic N) is 3. The molecule has 6 heteroatoms. The number of aliphatic hydroxyl groups is 1. The molecule has 23 heavy (non-hydrogen) atoms. The van der Waals surface area contributed by atoms with Crippen molar-refractivity contribution >= 4 is 5.97 Å². The molecule has 130 valence electrons. The van der Waals surface area contributed by atoms with Crippen molar-refractivity contribution in [1.82, 2.24) is 14.5 Å². The van der Waals surface area contributed by atoms with E-state index >= 15 is 0 Å². The van der Waals surface area contributed by atoms with Crippen LogP contribution in [0.1, 0.15) is 39.5 Å². The molecule has 2 N–H and O–H groups in total. The lowest BCUT2D eigenvalue weighted by molar-refractivity contribution is -0.164. The third-order valence-corrected chi connectivity index (χ3v) is 4.91. The summed E-state index contributed by atoms with van der Waals surface area (Å²) in [6.45, 7) is 7.12. The highest BCUT2D eigenvalue weighted by Gasteiger charge is 2.48. The number of hydrogen-bond donors (Lipinski definition) is 2. The van der Waals surface area contributed by atoms with Gasteiger partial charge in [0.1, 0.15) is 5.41 Å². The molecular formula is C17H29N3O3. The van der Waals surface area contributed by atoms with Crippen LogP contribution in [0.4, 0.5) is 0 Å². The van der Waals surface area contributed by atoms with E-state index < -0.39 is 17.5 Å². The van der Waals surface area contributed by atoms with Crippen molar-refractivity contribution in [2.24, 2.45) is 11.3 Å². The van der Waals surface area contributed by atoms with Crippen molar-refractivity contribution in [3.05, 3.63) is 18.7 Å². The number of likely N-dealkylation sites (tertiary alicyclic amines) is 1. The average molecular weight is 323 g/mol. The SMILES string of the molecule is CC(C)CC[C@@]1(C(=O)O)CN(CCCn2ccnc2)CC[C@H]1O. The highest BCUT2D eigenvalue weighted by atomic mass is 16.4. The minimum atomic E-state index is -1.02. The summed E-state index contributed by atoms with van der Waals surface area (Å²) >= 11 is 0. The van der Waals surface area contributed by atoms with Crippen molar-refractivity contribution < 1.29 is 15.0 Å². The largest absolute Gasteiger partial charge is 0.481 e. The zero-order valence-corrected chi connectivity index (χ0v) is 14.2. The summed E-state index contributed by atoms with van der Waals surface area (Å²) in [6.07, 6.45) is 7.60. The van der Waals surface area contributed by atoms with Crippen molar-refractivity contribution in [3.8, 4) is 0 Å². The Labute approximate surface area is 138 Å². The molecule has 1 aliphatic rings. The number of carbonyl (C=O) groups is 1. The van der Waals surface area contributed by atoms with Crippen LogP contribution in [0.25, 0.3) is 0 Å². The van der Waals surface area contributed by atoms with Crippen LogP contribution in [0.15, 0.2) is 18.7 Å². The molecule has 0 aromatic carbocycles. The van der Waals surface area contributed by atoms with Crippen LogP contribution < -0.4 is 0 Å². The molecule has 0 radical (unpaired) electrons. The number of aryl methyl sites for hydroxylation is 1. The van der Waals surface area contributed by atoms with Crippen molar-refractivity contribution in [2.75, 3.05) is 19.6 Å². The minimum Gasteiger partial charge on any atom is -0.481 e. The third kappa shape index (κ3) is 4.54. The van der Waals surface area contributed by atoms with Gasteiger partial charge in [-0.15, -0.1) is 0 Å². The minimum absolute atomic E-state index is 0.440. The van der Waals surface area contributed by atoms with Crippen LogP contribution in [0.2, 0.25) is 0 Å². The summed E-state index contributed by atoms with van der Waals surface area (Å²) in [5.41, 5.74) is -1.02. The molecule has 6 nitrogen and oxygen atoms in total. The summed E-state index contributed by atoms with van der Waals surface area (Å²) in [6, 6.07) is 0. The Bertz CT molecular complexity index is 489. The van der Waals surface area contributed by atoms with E-state index in [0.29, 0.717) is 25.3 Å². The van der Waals surface area contributed by atoms with Crippen molar-refractivity contribution in [2.45, 2.75) is 52.2 Å². The van der Waals surface area contributed by atoms with E-state index in [1.54, 1.807) is 12.5 Å². The summed E-state index contributed by atoms with van der Waals surface area (Å²) in [4.78, 5) is 18.1. The molecule has 0 aliphatic carbocycles. The van der Waals surface area contributed by atoms with Gasteiger partial charge in [0.2, 0.25) is 0 Å². The molecule has 1 aromatic heterocycles. The monoisotopic (exact) mass is 323 g/mol. The maximum Gasteiger partial charge on any atom is 0.313 e. The number of aliphatic hydroxyl groups excluding tert-OH is 1. The van der Waals surface area contributed by atoms with E-state index in [9.17, 15) is 15.0 Å². The van der Waals surface area contributed by atoms with Gasteiger partial charge in [0.05, 0.1) is 12.4 Å². The van der Waals surface area contributed by atoms with E-state index in [4.69, 9.17) is 0 Å². The normalized spacial score (nSPS) is 25.8. The Kier molecular flexibility index (Phi) is 6.18. The van der Waals surface area contributed by atoms with Gasteiger partial charge in [-0.3, -0.25) is 4.79 Å². The number of hydrogen-bond acceptors (Lipinski definition) is 4. The number of imidazole rings is 1. The molecule has 1 fully saturated rings. The van der Waals surface area contributed by atoms with Gasteiger partial charge in [-0.1, -0.05) is 13.8 Å². The quantitative estimate of drug-likeness (QED) is 0.763. The van der Waals surface area contributed by atoms with E-state index in [2.05, 4.69) is 23.7 Å². The number of piperidine rings is 1. The summed E-state index contributed by atoms with van der Waals surface area (Å²) in [5.74, 6) is -0.417. The predicted molar refractivity (Wildman–Crippen MR) is 88.0 cm³/mol. The maximum absolute atomic E-state index is 11.9. The standard InChI is InChI=1S/C17H29N3O3/c1-14(2)4-6-17(16(22)23)12-19(10-5-15(17)21)8-3-9-20-11-7-18-13-20/h7,11,13-15,21H,3-6,8-10,12H2,1-2H3,(H,22,23)/t15-,17-/m1/s1. The number of aliphatic carboxylic acids is 1. The van der Waals surface area contributed by atoms with E-state index in [-0.39, 0.29) is 0 Å². The Morgan fingerprint density at radius 3 is 2.83 bits per heavy atom. The van der Waals surface area contributed by atoms with Gasteiger partial charge < -0.3 is 19.7 Å². The zero-order valence-electron chi connectivity index (χ0n) is 14.2. The highest BCUT2D eigenvalue weighted by molar-refractivity contribution is 5.76. The second kappa shape index (κ2) is 7.93. The first-order valence-electron chi connectivity index (χ1n) is 8.53. The number of rotatable bonds is 8. The fraction of sp³-hybridized carbons (Fsp3) is 0.765. The Morgan fingerprint density at radius 1 is 1.43 bits per heavy atom. The Morgan fingerprint density at radius 2 is 2.22 bits per heavy atom. The molecule has 2 rings (SSSR count). The van der Waals surface area contributed by atoms with Crippen LogP contribution in [0, 0.1) is 11.3 Å². The van der Waals surface area contributed by atoms with Crippen LogP contribution >= 0.6 is 0 Å². The predicted octanol–water partition coefficient (Wildman–Crippen LogP) is 1.85. The second-order valence-corrected chi connectivity index (χ2v) is 7.13. The van der Waals surface area contributed by atoms with Gasteiger partial charge in [-0.25, -0.2) is 4.98 Å². The van der Waals surface area contributed by atoms with Gasteiger partial charge in [-0.2, -0.15) is 0 Å². The molecule has 1 aliphatic heterocycles. The van der Waals surface area contributed by atoms with Gasteiger partial charge >= 0.3 is 5.97 Å². The Balaban J connectivity index is 1.93. The van der Waals surface area contributed by atoms with Crippen LogP contribution in [-0.2, 0) is 11.3 Å². The summed E-state index contributed by atoms with van der Waals surface area (Å²) < 4.78 is 2.03. The molecule has 0 unspecified atom stereocenters. The van der Waals surface area contributed by atoms with Gasteiger partial charge in [0, 0.05) is 32.0 Å². The highest BCUT2D eigenvalue weighted by Crippen LogP contribution is 2.36. The lowest BCUT2D eigenvalue weighted by Crippen LogP contribution is -2.56. The fourth-order valence-electron chi connectivity index (χ4n) is 3.36. The van der Waals surface area contributed by atoms with Crippen LogP contribution in [0.3, 0.4) is 0 Å². The van der Waals surface area contributed by atoms with E-state index in [1.807, 2.05) is 10.8 Å².